The lowest BCUT2D eigenvalue weighted by Gasteiger charge is -2.23. The molecule has 0 radical (unpaired) electrons. The SMILES string of the molecule is Cc1cc(C)cc(NC(=O)CCN(c2cc(C)cc(C)c2)S(C)(=O)=O)c1. The molecule has 0 saturated heterocycles. The maximum absolute atomic E-state index is 12.3. The first-order valence-electron chi connectivity index (χ1n) is 8.49. The van der Waals surface area contributed by atoms with Crippen LogP contribution in [-0.2, 0) is 14.8 Å². The Hall–Kier alpha value is -2.34. The molecule has 6 heteroatoms. The molecule has 2 rings (SSSR count). The van der Waals surface area contributed by atoms with Gasteiger partial charge in [-0.25, -0.2) is 8.42 Å². The lowest BCUT2D eigenvalue weighted by atomic mass is 10.1. The van der Waals surface area contributed by atoms with E-state index in [-0.39, 0.29) is 18.9 Å². The van der Waals surface area contributed by atoms with Crippen LogP contribution in [0.1, 0.15) is 28.7 Å². The minimum atomic E-state index is -3.48. The summed E-state index contributed by atoms with van der Waals surface area (Å²) in [6.45, 7) is 7.87. The fourth-order valence-electron chi connectivity index (χ4n) is 3.05. The number of hydrogen-bond donors (Lipinski definition) is 1. The number of nitrogens with one attached hydrogen (secondary N) is 1. The zero-order valence-corrected chi connectivity index (χ0v) is 16.8. The molecule has 1 N–H and O–H groups in total. The van der Waals surface area contributed by atoms with Gasteiger partial charge in [-0.3, -0.25) is 9.10 Å². The largest absolute Gasteiger partial charge is 0.326 e. The molecule has 0 bridgehead atoms. The quantitative estimate of drug-likeness (QED) is 0.838. The second-order valence-corrected chi connectivity index (χ2v) is 8.76. The van der Waals surface area contributed by atoms with Crippen LogP contribution in [0.3, 0.4) is 0 Å². The van der Waals surface area contributed by atoms with Crippen LogP contribution in [0.5, 0.6) is 0 Å². The first-order valence-corrected chi connectivity index (χ1v) is 10.3. The molecule has 1 amide bonds. The van der Waals surface area contributed by atoms with E-state index >= 15 is 0 Å². The second-order valence-electron chi connectivity index (χ2n) is 6.86. The van der Waals surface area contributed by atoms with Gasteiger partial charge in [0.2, 0.25) is 15.9 Å². The van der Waals surface area contributed by atoms with Crippen LogP contribution in [0, 0.1) is 27.7 Å². The van der Waals surface area contributed by atoms with E-state index in [2.05, 4.69) is 5.32 Å². The topological polar surface area (TPSA) is 66.5 Å². The van der Waals surface area contributed by atoms with Gasteiger partial charge in [0.25, 0.3) is 0 Å². The van der Waals surface area contributed by atoms with Crippen molar-refractivity contribution in [2.45, 2.75) is 34.1 Å². The summed E-state index contributed by atoms with van der Waals surface area (Å²) in [5, 5.41) is 2.84. The van der Waals surface area contributed by atoms with E-state index in [0.717, 1.165) is 34.2 Å². The van der Waals surface area contributed by atoms with E-state index in [1.54, 1.807) is 0 Å². The smallest absolute Gasteiger partial charge is 0.232 e. The molecule has 2 aromatic rings. The number of hydrogen-bond acceptors (Lipinski definition) is 3. The monoisotopic (exact) mass is 374 g/mol. The minimum absolute atomic E-state index is 0.0764. The molecular formula is C20H26N2O3S. The summed E-state index contributed by atoms with van der Waals surface area (Å²) in [4.78, 5) is 12.3. The van der Waals surface area contributed by atoms with Crippen molar-refractivity contribution in [3.63, 3.8) is 0 Å². The molecule has 0 heterocycles. The van der Waals surface area contributed by atoms with Crippen molar-refractivity contribution in [1.82, 2.24) is 0 Å². The Morgan fingerprint density at radius 2 is 1.35 bits per heavy atom. The van der Waals surface area contributed by atoms with Gasteiger partial charge in [0, 0.05) is 18.7 Å². The number of anilines is 2. The van der Waals surface area contributed by atoms with Gasteiger partial charge in [0.05, 0.1) is 11.9 Å². The first kappa shape index (κ1) is 20.0. The molecule has 0 atom stereocenters. The van der Waals surface area contributed by atoms with Crippen LogP contribution >= 0.6 is 0 Å². The van der Waals surface area contributed by atoms with E-state index in [0.29, 0.717) is 5.69 Å². The first-order chi connectivity index (χ1) is 12.0. The van der Waals surface area contributed by atoms with E-state index < -0.39 is 10.0 Å². The average molecular weight is 375 g/mol. The summed E-state index contributed by atoms with van der Waals surface area (Å²) < 4.78 is 25.7. The molecule has 0 fully saturated rings. The molecular weight excluding hydrogens is 348 g/mol. The van der Waals surface area contributed by atoms with Crippen molar-refractivity contribution < 1.29 is 13.2 Å². The van der Waals surface area contributed by atoms with Gasteiger partial charge < -0.3 is 5.32 Å². The van der Waals surface area contributed by atoms with Gasteiger partial charge in [-0.15, -0.1) is 0 Å². The van der Waals surface area contributed by atoms with Gasteiger partial charge in [0.15, 0.2) is 0 Å². The maximum atomic E-state index is 12.3. The van der Waals surface area contributed by atoms with Gasteiger partial charge in [-0.05, 0) is 74.2 Å². The van der Waals surface area contributed by atoms with E-state index in [1.165, 1.54) is 4.31 Å². The van der Waals surface area contributed by atoms with Crippen LogP contribution < -0.4 is 9.62 Å². The molecule has 0 spiro atoms. The highest BCUT2D eigenvalue weighted by Gasteiger charge is 2.19. The average Bonchev–Trinajstić information content (AvgIpc) is 2.43. The summed E-state index contributed by atoms with van der Waals surface area (Å²) in [6.07, 6.45) is 1.24. The normalized spacial score (nSPS) is 11.3. The highest BCUT2D eigenvalue weighted by atomic mass is 32.2. The van der Waals surface area contributed by atoms with Gasteiger partial charge in [-0.2, -0.15) is 0 Å². The van der Waals surface area contributed by atoms with Crippen LogP contribution in [0.25, 0.3) is 0 Å². The molecule has 0 aliphatic rings. The number of benzene rings is 2. The summed E-state index contributed by atoms with van der Waals surface area (Å²) >= 11 is 0. The Balaban J connectivity index is 2.13. The second kappa shape index (κ2) is 7.91. The van der Waals surface area contributed by atoms with Crippen molar-refractivity contribution >= 4 is 27.3 Å². The van der Waals surface area contributed by atoms with E-state index in [9.17, 15) is 13.2 Å². The molecule has 140 valence electrons. The molecule has 26 heavy (non-hydrogen) atoms. The lowest BCUT2D eigenvalue weighted by molar-refractivity contribution is -0.116. The van der Waals surface area contributed by atoms with Crippen molar-refractivity contribution in [2.24, 2.45) is 0 Å². The summed E-state index contributed by atoms with van der Waals surface area (Å²) in [7, 11) is -3.48. The number of sulfonamides is 1. The minimum Gasteiger partial charge on any atom is -0.326 e. The van der Waals surface area contributed by atoms with Crippen LogP contribution in [0.2, 0.25) is 0 Å². The van der Waals surface area contributed by atoms with Gasteiger partial charge >= 0.3 is 0 Å². The zero-order valence-electron chi connectivity index (χ0n) is 16.0. The highest BCUT2D eigenvalue weighted by Crippen LogP contribution is 2.22. The molecule has 0 unspecified atom stereocenters. The van der Waals surface area contributed by atoms with Crippen molar-refractivity contribution in [2.75, 3.05) is 22.4 Å². The Morgan fingerprint density at radius 1 is 0.885 bits per heavy atom. The number of carbonyl (C=O) groups is 1. The van der Waals surface area contributed by atoms with E-state index in [1.807, 2.05) is 64.1 Å². The molecule has 2 aromatic carbocycles. The fourth-order valence-corrected chi connectivity index (χ4v) is 3.97. The number of carbonyl (C=O) groups excluding carboxylic acids is 1. The number of amides is 1. The molecule has 0 saturated carbocycles. The Bertz CT molecular complexity index is 880. The molecule has 0 aromatic heterocycles. The predicted molar refractivity (Wildman–Crippen MR) is 107 cm³/mol. The Morgan fingerprint density at radius 3 is 1.81 bits per heavy atom. The predicted octanol–water partition coefficient (Wildman–Crippen LogP) is 3.72. The van der Waals surface area contributed by atoms with Crippen LogP contribution in [0.4, 0.5) is 11.4 Å². The third-order valence-corrected chi connectivity index (χ3v) is 5.14. The Labute approximate surface area is 156 Å². The van der Waals surface area contributed by atoms with Crippen molar-refractivity contribution in [3.8, 4) is 0 Å². The van der Waals surface area contributed by atoms with Crippen LogP contribution in [0.15, 0.2) is 36.4 Å². The summed E-state index contributed by atoms with van der Waals surface area (Å²) in [5.41, 5.74) is 5.40. The van der Waals surface area contributed by atoms with Gasteiger partial charge in [0.1, 0.15) is 0 Å². The fraction of sp³-hybridized carbons (Fsp3) is 0.350. The van der Waals surface area contributed by atoms with E-state index in [4.69, 9.17) is 0 Å². The zero-order chi connectivity index (χ0) is 19.5. The number of aryl methyl sites for hydroxylation is 4. The number of nitrogens with zero attached hydrogens (tertiary/aromatic N) is 1. The molecule has 0 aliphatic heterocycles. The van der Waals surface area contributed by atoms with Crippen molar-refractivity contribution in [3.05, 3.63) is 58.7 Å². The Kier molecular flexibility index (Phi) is 6.08. The lowest BCUT2D eigenvalue weighted by Crippen LogP contribution is -2.33. The van der Waals surface area contributed by atoms with Crippen LogP contribution in [-0.4, -0.2) is 27.1 Å². The standard InChI is InChI=1S/C20H26N2O3S/c1-14-8-15(2)11-18(10-14)21-20(23)6-7-22(26(5,24)25)19-12-16(3)9-17(4)13-19/h8-13H,6-7H2,1-5H3,(H,21,23). The summed E-state index contributed by atoms with van der Waals surface area (Å²) in [6, 6.07) is 11.4. The molecule has 0 aliphatic carbocycles. The van der Waals surface area contributed by atoms with Gasteiger partial charge in [-0.1, -0.05) is 12.1 Å². The van der Waals surface area contributed by atoms with Crippen molar-refractivity contribution in [1.29, 1.82) is 0 Å². The third-order valence-electron chi connectivity index (χ3n) is 3.94. The summed E-state index contributed by atoms with van der Waals surface area (Å²) in [5.74, 6) is -0.215. The highest BCUT2D eigenvalue weighted by molar-refractivity contribution is 7.92. The number of rotatable bonds is 6. The third kappa shape index (κ3) is 5.59. The maximum Gasteiger partial charge on any atom is 0.232 e. The molecule has 5 nitrogen and oxygen atoms in total.